The van der Waals surface area contributed by atoms with Crippen LogP contribution in [0.4, 0.5) is 0 Å². The zero-order chi connectivity index (χ0) is 37.2. The van der Waals surface area contributed by atoms with E-state index in [0.717, 1.165) is 38.5 Å². The molecule has 0 spiro atoms. The number of hydrogen-bond donors (Lipinski definition) is 6. The average molecular weight is 727 g/mol. The van der Waals surface area contributed by atoms with Gasteiger partial charge in [-0.25, -0.2) is 0 Å². The summed E-state index contributed by atoms with van der Waals surface area (Å²) in [5, 5.41) is 63.6. The smallest absolute Gasteiger partial charge is 0.0436 e. The van der Waals surface area contributed by atoms with Crippen LogP contribution in [0.2, 0.25) is 0 Å². The van der Waals surface area contributed by atoms with E-state index in [2.05, 4.69) is 0 Å². The van der Waals surface area contributed by atoms with Crippen molar-refractivity contribution in [2.45, 2.75) is 231 Å². The molecule has 0 aromatic carbocycles. The van der Waals surface area contributed by atoms with E-state index in [4.69, 9.17) is 0 Å². The van der Waals surface area contributed by atoms with Crippen molar-refractivity contribution >= 4 is 0 Å². The summed E-state index contributed by atoms with van der Waals surface area (Å²) in [5.74, 6) is 0. The van der Waals surface area contributed by atoms with Gasteiger partial charge in [-0.3, -0.25) is 0 Å². The topological polar surface area (TPSA) is 121 Å². The normalized spacial score (nSPS) is 22.9. The zero-order valence-corrected chi connectivity index (χ0v) is 33.9. The van der Waals surface area contributed by atoms with Crippen molar-refractivity contribution in [1.29, 1.82) is 0 Å². The molecule has 0 unspecified atom stereocenters. The maximum absolute atomic E-state index is 10.7. The van der Waals surface area contributed by atoms with Crippen molar-refractivity contribution in [3.8, 4) is 0 Å². The van der Waals surface area contributed by atoms with Crippen molar-refractivity contribution in [1.82, 2.24) is 0 Å². The fraction of sp³-hybridized carbons (Fsp3) is 1.00. The van der Waals surface area contributed by atoms with Crippen LogP contribution in [0, 0.1) is 16.2 Å². The molecule has 51 heavy (non-hydrogen) atoms. The van der Waals surface area contributed by atoms with Crippen LogP contribution in [0.3, 0.4) is 0 Å². The first-order valence-corrected chi connectivity index (χ1v) is 22.7. The molecule has 1 fully saturated rings. The number of aliphatic hydroxyl groups is 6. The Bertz CT molecular complexity index is 657. The second-order valence-corrected chi connectivity index (χ2v) is 16.9. The van der Waals surface area contributed by atoms with Crippen molar-refractivity contribution < 1.29 is 30.6 Å². The summed E-state index contributed by atoms with van der Waals surface area (Å²) >= 11 is 0. The van der Waals surface area contributed by atoms with E-state index in [-0.39, 0.29) is 39.6 Å². The Morgan fingerprint density at radius 1 is 0.216 bits per heavy atom. The van der Waals surface area contributed by atoms with Gasteiger partial charge in [-0.2, -0.15) is 0 Å². The van der Waals surface area contributed by atoms with Crippen LogP contribution < -0.4 is 0 Å². The van der Waals surface area contributed by atoms with Gasteiger partial charge in [0.1, 0.15) is 0 Å². The summed E-state index contributed by atoms with van der Waals surface area (Å²) in [6.07, 6.45) is 41.0. The lowest BCUT2D eigenvalue weighted by atomic mass is 9.42. The zero-order valence-electron chi connectivity index (χ0n) is 33.9. The molecular formula is C45H90O6. The maximum Gasteiger partial charge on any atom is 0.0436 e. The Morgan fingerprint density at radius 2 is 0.373 bits per heavy atom. The molecule has 0 radical (unpaired) electrons. The van der Waals surface area contributed by atoms with Crippen molar-refractivity contribution in [2.75, 3.05) is 39.6 Å². The summed E-state index contributed by atoms with van der Waals surface area (Å²) in [4.78, 5) is 0. The first kappa shape index (κ1) is 48.8. The fourth-order valence-corrected chi connectivity index (χ4v) is 10.7. The molecule has 1 rings (SSSR count). The number of aliphatic hydroxyl groups excluding tert-OH is 6. The van der Waals surface area contributed by atoms with Gasteiger partial charge in [0.2, 0.25) is 0 Å². The summed E-state index contributed by atoms with van der Waals surface area (Å²) < 4.78 is 0. The minimum absolute atomic E-state index is 0.0209. The second-order valence-electron chi connectivity index (χ2n) is 16.9. The van der Waals surface area contributed by atoms with E-state index in [9.17, 15) is 30.6 Å². The standard InChI is InChI=1S/C45H90O6/c46-37-31-43(32-38-47)29-27-25-23-21-19-17-15-13-11-9-7-5-3-1-2-4-6-8-10-12-14-16-18-20-22-24-26-28-30-44(33-39-48,34-40-49)45(43,35-41-50)36-42-51/h46-51H,1-42H2. The third-order valence-electron chi connectivity index (χ3n) is 13.5. The molecule has 0 amide bonds. The van der Waals surface area contributed by atoms with Crippen LogP contribution in [-0.2, 0) is 0 Å². The van der Waals surface area contributed by atoms with Crippen LogP contribution in [0.1, 0.15) is 231 Å². The minimum atomic E-state index is -0.627. The molecule has 0 aliphatic heterocycles. The third kappa shape index (κ3) is 19.3. The SMILES string of the molecule is OCCC1(CCO)CCCCCCCCCCCCCCCCCCCCCCCCCCCCCCC(CCO)(CCO)C1(CCO)CCO. The quantitative estimate of drug-likeness (QED) is 0.119. The molecule has 6 N–H and O–H groups in total. The highest BCUT2D eigenvalue weighted by atomic mass is 16.3. The fourth-order valence-electron chi connectivity index (χ4n) is 10.7. The lowest BCUT2D eigenvalue weighted by Crippen LogP contribution is -2.56. The van der Waals surface area contributed by atoms with Crippen LogP contribution in [0.5, 0.6) is 0 Å². The summed E-state index contributed by atoms with van der Waals surface area (Å²) in [5.41, 5.74) is -1.65. The number of hydrogen-bond acceptors (Lipinski definition) is 6. The average Bonchev–Trinajstić information content (AvgIpc) is 3.12. The van der Waals surface area contributed by atoms with Crippen molar-refractivity contribution in [2.24, 2.45) is 16.2 Å². The molecular weight excluding hydrogens is 636 g/mol. The Kier molecular flexibility index (Phi) is 31.7. The minimum Gasteiger partial charge on any atom is -0.396 e. The van der Waals surface area contributed by atoms with Gasteiger partial charge in [-0.15, -0.1) is 0 Å². The highest BCUT2D eigenvalue weighted by Gasteiger charge is 2.59. The Hall–Kier alpha value is -0.240. The second kappa shape index (κ2) is 33.1. The van der Waals surface area contributed by atoms with Gasteiger partial charge in [0, 0.05) is 39.6 Å². The maximum atomic E-state index is 10.7. The highest BCUT2D eigenvalue weighted by molar-refractivity contribution is 5.08. The first-order chi connectivity index (χ1) is 25.1. The van der Waals surface area contributed by atoms with Crippen molar-refractivity contribution in [3.63, 3.8) is 0 Å². The lowest BCUT2D eigenvalue weighted by molar-refractivity contribution is -0.159. The Balaban J connectivity index is 3.09. The summed E-state index contributed by atoms with van der Waals surface area (Å²) in [7, 11) is 0. The molecule has 0 aromatic rings. The van der Waals surface area contributed by atoms with E-state index in [1.165, 1.54) is 154 Å². The lowest BCUT2D eigenvalue weighted by Gasteiger charge is -2.62. The number of rotatable bonds is 12. The predicted octanol–water partition coefficient (Wildman–Crippen LogP) is 11.0. The molecule has 1 aliphatic carbocycles. The van der Waals surface area contributed by atoms with Gasteiger partial charge in [-0.05, 0) is 67.6 Å². The molecule has 0 heterocycles. The van der Waals surface area contributed by atoms with Crippen LogP contribution in [0.25, 0.3) is 0 Å². The van der Waals surface area contributed by atoms with Crippen LogP contribution in [-0.4, -0.2) is 70.3 Å². The largest absolute Gasteiger partial charge is 0.396 e. The van der Waals surface area contributed by atoms with Gasteiger partial charge < -0.3 is 30.6 Å². The monoisotopic (exact) mass is 727 g/mol. The van der Waals surface area contributed by atoms with Gasteiger partial charge >= 0.3 is 0 Å². The predicted molar refractivity (Wildman–Crippen MR) is 216 cm³/mol. The van der Waals surface area contributed by atoms with Gasteiger partial charge in [0.15, 0.2) is 0 Å². The van der Waals surface area contributed by atoms with E-state index in [0.29, 0.717) is 38.5 Å². The molecule has 1 saturated carbocycles. The molecule has 306 valence electrons. The van der Waals surface area contributed by atoms with Crippen LogP contribution in [0.15, 0.2) is 0 Å². The van der Waals surface area contributed by atoms with Gasteiger partial charge in [0.25, 0.3) is 0 Å². The Labute approximate surface area is 317 Å². The van der Waals surface area contributed by atoms with E-state index in [1.807, 2.05) is 0 Å². The molecule has 0 atom stereocenters. The van der Waals surface area contributed by atoms with Gasteiger partial charge in [0.05, 0.1) is 0 Å². The molecule has 0 bridgehead atoms. The summed E-state index contributed by atoms with van der Waals surface area (Å²) in [6, 6.07) is 0. The van der Waals surface area contributed by atoms with E-state index < -0.39 is 16.2 Å². The third-order valence-corrected chi connectivity index (χ3v) is 13.5. The molecule has 6 nitrogen and oxygen atoms in total. The Morgan fingerprint density at radius 3 is 0.529 bits per heavy atom. The van der Waals surface area contributed by atoms with Gasteiger partial charge in [-0.1, -0.05) is 180 Å². The van der Waals surface area contributed by atoms with E-state index in [1.54, 1.807) is 0 Å². The summed E-state index contributed by atoms with van der Waals surface area (Å²) in [6.45, 7) is -0.200. The molecule has 6 heteroatoms. The first-order valence-electron chi connectivity index (χ1n) is 22.7. The molecule has 0 saturated heterocycles. The van der Waals surface area contributed by atoms with Crippen molar-refractivity contribution in [3.05, 3.63) is 0 Å². The van der Waals surface area contributed by atoms with E-state index >= 15 is 0 Å². The highest BCUT2D eigenvalue weighted by Crippen LogP contribution is 2.65. The van der Waals surface area contributed by atoms with Crippen LogP contribution >= 0.6 is 0 Å². The molecule has 0 aromatic heterocycles. The molecule has 1 aliphatic rings.